The van der Waals surface area contributed by atoms with E-state index in [0.29, 0.717) is 11.6 Å². The summed E-state index contributed by atoms with van der Waals surface area (Å²) in [6, 6.07) is 13.6. The number of nitrogens with zero attached hydrogens (tertiary/aromatic N) is 2. The van der Waals surface area contributed by atoms with Gasteiger partial charge in [0.1, 0.15) is 5.75 Å². The molecule has 144 valence electrons. The lowest BCUT2D eigenvalue weighted by Crippen LogP contribution is -2.32. The Labute approximate surface area is 168 Å². The van der Waals surface area contributed by atoms with Crippen molar-refractivity contribution < 1.29 is 9.53 Å². The van der Waals surface area contributed by atoms with Gasteiger partial charge in [0.05, 0.1) is 18.0 Å². The van der Waals surface area contributed by atoms with Crippen molar-refractivity contribution in [3.05, 3.63) is 64.8 Å². The van der Waals surface area contributed by atoms with Crippen molar-refractivity contribution in [3.63, 3.8) is 0 Å². The van der Waals surface area contributed by atoms with Gasteiger partial charge in [-0.15, -0.1) is 0 Å². The number of hydrogen-bond donors (Lipinski definition) is 2. The topological polar surface area (TPSA) is 68.2 Å². The second-order valence-electron chi connectivity index (χ2n) is 6.63. The predicted molar refractivity (Wildman–Crippen MR) is 109 cm³/mol. The quantitative estimate of drug-likeness (QED) is 0.701. The zero-order chi connectivity index (χ0) is 19.5. The van der Waals surface area contributed by atoms with E-state index >= 15 is 0 Å². The van der Waals surface area contributed by atoms with E-state index in [0.717, 1.165) is 47.7 Å². The summed E-state index contributed by atoms with van der Waals surface area (Å²) in [4.78, 5) is 11.4. The van der Waals surface area contributed by atoms with Crippen molar-refractivity contribution in [2.45, 2.75) is 19.4 Å². The summed E-state index contributed by atoms with van der Waals surface area (Å²) in [5.41, 5.74) is 4.84. The number of halogens is 1. The van der Waals surface area contributed by atoms with Crippen LogP contribution >= 0.6 is 11.6 Å². The van der Waals surface area contributed by atoms with Crippen LogP contribution in [0.1, 0.15) is 17.5 Å². The number of benzene rings is 2. The van der Waals surface area contributed by atoms with Gasteiger partial charge in [0.15, 0.2) is 0 Å². The van der Waals surface area contributed by atoms with Crippen molar-refractivity contribution in [1.82, 2.24) is 20.4 Å². The molecule has 7 heteroatoms. The van der Waals surface area contributed by atoms with Gasteiger partial charge in [0.25, 0.3) is 0 Å². The largest absolute Gasteiger partial charge is 0.493 e. The minimum atomic E-state index is -0.248. The van der Waals surface area contributed by atoms with Gasteiger partial charge in [-0.2, -0.15) is 5.10 Å². The predicted octanol–water partition coefficient (Wildman–Crippen LogP) is 3.95. The average Bonchev–Trinajstić information content (AvgIpc) is 3.23. The van der Waals surface area contributed by atoms with Gasteiger partial charge in [-0.05, 0) is 60.4 Å². The molecule has 2 amide bonds. The Morgan fingerprint density at radius 1 is 1.25 bits per heavy atom. The fraction of sp³-hybridized carbons (Fsp3) is 0.238. The second-order valence-corrected chi connectivity index (χ2v) is 7.04. The third-order valence-electron chi connectivity index (χ3n) is 4.75. The molecular weight excluding hydrogens is 376 g/mol. The van der Waals surface area contributed by atoms with Crippen molar-refractivity contribution in [2.75, 3.05) is 13.7 Å². The average molecular weight is 397 g/mol. The molecule has 0 unspecified atom stereocenters. The lowest BCUT2D eigenvalue weighted by molar-refractivity contribution is 0.242. The van der Waals surface area contributed by atoms with E-state index in [4.69, 9.17) is 21.4 Å². The number of ether oxygens (including phenoxy) is 1. The molecule has 1 aliphatic rings. The maximum Gasteiger partial charge on any atom is 0.314 e. The fourth-order valence-electron chi connectivity index (χ4n) is 3.24. The van der Waals surface area contributed by atoms with Crippen LogP contribution < -0.4 is 15.4 Å². The van der Waals surface area contributed by atoms with E-state index in [1.165, 1.54) is 5.56 Å². The monoisotopic (exact) mass is 396 g/mol. The lowest BCUT2D eigenvalue weighted by atomic mass is 10.1. The van der Waals surface area contributed by atoms with Crippen LogP contribution in [0.4, 0.5) is 4.79 Å². The standard InChI is InChI=1S/C21H21ClN4O2/c1-23-21(27)24-13-16-11-14(4-6-18(16)22)19-8-9-26(25-19)17-5-7-20-15(12-17)3-2-10-28-20/h4-9,11-12H,2-3,10,13H2,1H3,(H2,23,24,27). The maximum absolute atomic E-state index is 11.4. The first-order valence-electron chi connectivity index (χ1n) is 9.20. The van der Waals surface area contributed by atoms with E-state index in [2.05, 4.69) is 16.7 Å². The van der Waals surface area contributed by atoms with Gasteiger partial charge in [0, 0.05) is 30.4 Å². The fourth-order valence-corrected chi connectivity index (χ4v) is 3.43. The highest BCUT2D eigenvalue weighted by Gasteiger charge is 2.13. The maximum atomic E-state index is 11.4. The highest BCUT2D eigenvalue weighted by molar-refractivity contribution is 6.31. The summed E-state index contributed by atoms with van der Waals surface area (Å²) in [6.07, 6.45) is 4.01. The summed E-state index contributed by atoms with van der Waals surface area (Å²) in [6.45, 7) is 1.13. The molecule has 0 spiro atoms. The van der Waals surface area contributed by atoms with Crippen molar-refractivity contribution >= 4 is 17.6 Å². The second kappa shape index (κ2) is 7.94. The van der Waals surface area contributed by atoms with Crippen LogP contribution in [0, 0.1) is 0 Å². The van der Waals surface area contributed by atoms with E-state index < -0.39 is 0 Å². The number of amides is 2. The van der Waals surface area contributed by atoms with Crippen molar-refractivity contribution in [2.24, 2.45) is 0 Å². The first-order chi connectivity index (χ1) is 13.6. The number of nitrogens with one attached hydrogen (secondary N) is 2. The molecule has 0 fully saturated rings. The van der Waals surface area contributed by atoms with Crippen LogP contribution in [0.15, 0.2) is 48.7 Å². The number of fused-ring (bicyclic) bond motifs is 1. The number of carbonyl (C=O) groups excluding carboxylic acids is 1. The van der Waals surface area contributed by atoms with Gasteiger partial charge in [-0.1, -0.05) is 17.7 Å². The summed E-state index contributed by atoms with van der Waals surface area (Å²) in [7, 11) is 1.58. The van der Waals surface area contributed by atoms with Crippen LogP contribution in [0.25, 0.3) is 16.9 Å². The Bertz CT molecular complexity index is 1020. The highest BCUT2D eigenvalue weighted by atomic mass is 35.5. The smallest absolute Gasteiger partial charge is 0.314 e. The molecule has 6 nitrogen and oxygen atoms in total. The van der Waals surface area contributed by atoms with Gasteiger partial charge in [-0.25, -0.2) is 9.48 Å². The van der Waals surface area contributed by atoms with Crippen molar-refractivity contribution in [3.8, 4) is 22.7 Å². The number of aromatic nitrogens is 2. The molecule has 1 aromatic heterocycles. The Kier molecular flexibility index (Phi) is 5.21. The lowest BCUT2D eigenvalue weighted by Gasteiger charge is -2.17. The third-order valence-corrected chi connectivity index (χ3v) is 5.12. The SMILES string of the molecule is CNC(=O)NCc1cc(-c2ccn(-c3ccc4c(c3)CCCO4)n2)ccc1Cl. The first kappa shape index (κ1) is 18.4. The molecule has 0 radical (unpaired) electrons. The van der Waals surface area contributed by atoms with Crippen LogP contribution in [0.5, 0.6) is 5.75 Å². The van der Waals surface area contributed by atoms with Crippen LogP contribution in [0.2, 0.25) is 5.02 Å². The molecule has 0 saturated carbocycles. The van der Waals surface area contributed by atoms with Crippen LogP contribution in [-0.2, 0) is 13.0 Å². The summed E-state index contributed by atoms with van der Waals surface area (Å²) in [5, 5.41) is 10.6. The zero-order valence-electron chi connectivity index (χ0n) is 15.5. The summed E-state index contributed by atoms with van der Waals surface area (Å²) < 4.78 is 7.55. The number of aryl methyl sites for hydroxylation is 1. The molecule has 1 aliphatic heterocycles. The molecule has 2 N–H and O–H groups in total. The van der Waals surface area contributed by atoms with Gasteiger partial charge < -0.3 is 15.4 Å². The van der Waals surface area contributed by atoms with E-state index in [1.807, 2.05) is 47.3 Å². The summed E-state index contributed by atoms with van der Waals surface area (Å²) in [5.74, 6) is 0.966. The van der Waals surface area contributed by atoms with E-state index in [-0.39, 0.29) is 6.03 Å². The van der Waals surface area contributed by atoms with Gasteiger partial charge in [0.2, 0.25) is 0 Å². The molecule has 0 atom stereocenters. The minimum Gasteiger partial charge on any atom is -0.493 e. The Hall–Kier alpha value is -2.99. The zero-order valence-corrected chi connectivity index (χ0v) is 16.3. The Morgan fingerprint density at radius 3 is 3.00 bits per heavy atom. The van der Waals surface area contributed by atoms with Gasteiger partial charge >= 0.3 is 6.03 Å². The number of hydrogen-bond acceptors (Lipinski definition) is 3. The molecule has 3 aromatic rings. The molecule has 0 saturated heterocycles. The molecule has 0 bridgehead atoms. The summed E-state index contributed by atoms with van der Waals surface area (Å²) >= 11 is 6.27. The van der Waals surface area contributed by atoms with Gasteiger partial charge in [-0.3, -0.25) is 0 Å². The number of rotatable bonds is 4. The van der Waals surface area contributed by atoms with Crippen LogP contribution in [-0.4, -0.2) is 29.5 Å². The molecule has 28 heavy (non-hydrogen) atoms. The number of urea groups is 1. The van der Waals surface area contributed by atoms with Crippen LogP contribution in [0.3, 0.4) is 0 Å². The van der Waals surface area contributed by atoms with E-state index in [1.54, 1.807) is 7.05 Å². The minimum absolute atomic E-state index is 0.248. The Morgan fingerprint density at radius 2 is 2.14 bits per heavy atom. The first-order valence-corrected chi connectivity index (χ1v) is 9.58. The normalized spacial score (nSPS) is 12.8. The molecule has 2 heterocycles. The number of carbonyl (C=O) groups is 1. The van der Waals surface area contributed by atoms with Crippen molar-refractivity contribution in [1.29, 1.82) is 0 Å². The molecule has 4 rings (SSSR count). The molecule has 0 aliphatic carbocycles. The molecule has 2 aromatic carbocycles. The molecular formula is C21H21ClN4O2. The third kappa shape index (κ3) is 3.82. The Balaban J connectivity index is 1.58. The highest BCUT2D eigenvalue weighted by Crippen LogP contribution is 2.28. The van der Waals surface area contributed by atoms with E-state index in [9.17, 15) is 4.79 Å².